The van der Waals surface area contributed by atoms with Gasteiger partial charge >= 0.3 is 0 Å². The topological polar surface area (TPSA) is 52.7 Å². The van der Waals surface area contributed by atoms with E-state index in [0.29, 0.717) is 18.4 Å². The zero-order valence-electron chi connectivity index (χ0n) is 19.6. The van der Waals surface area contributed by atoms with Crippen LogP contribution in [0.5, 0.6) is 0 Å². The second-order valence-corrected chi connectivity index (χ2v) is 9.94. The van der Waals surface area contributed by atoms with Crippen LogP contribution in [0, 0.1) is 11.8 Å². The zero-order chi connectivity index (χ0) is 21.6. The molecule has 2 fully saturated rings. The Balaban J connectivity index is 2.00. The van der Waals surface area contributed by atoms with E-state index >= 15 is 0 Å². The fourth-order valence-electron chi connectivity index (χ4n) is 4.85. The molecule has 0 aromatic heterocycles. The predicted molar refractivity (Wildman–Crippen MR) is 120 cm³/mol. The molecule has 1 spiro atoms. The summed E-state index contributed by atoms with van der Waals surface area (Å²) >= 11 is 0. The zero-order valence-corrected chi connectivity index (χ0v) is 19.6. The number of piperidine rings is 1. The van der Waals surface area contributed by atoms with E-state index in [2.05, 4.69) is 57.8 Å². The lowest BCUT2D eigenvalue weighted by Gasteiger charge is -2.52. The molecule has 166 valence electrons. The fourth-order valence-corrected chi connectivity index (χ4v) is 4.85. The van der Waals surface area contributed by atoms with Gasteiger partial charge in [0, 0.05) is 26.2 Å². The maximum absolute atomic E-state index is 13.2. The van der Waals surface area contributed by atoms with Crippen LogP contribution in [0.2, 0.25) is 0 Å². The number of allylic oxidation sites excluding steroid dienone is 2. The molecule has 2 heterocycles. The molecule has 5 nitrogen and oxygen atoms in total. The second kappa shape index (κ2) is 10.6. The number of likely N-dealkylation sites (tertiary alicyclic amines) is 1. The van der Waals surface area contributed by atoms with E-state index in [4.69, 9.17) is 0 Å². The van der Waals surface area contributed by atoms with Crippen molar-refractivity contribution in [3.63, 3.8) is 0 Å². The van der Waals surface area contributed by atoms with Gasteiger partial charge in [-0.25, -0.2) is 0 Å². The highest BCUT2D eigenvalue weighted by Gasteiger charge is 2.53. The summed E-state index contributed by atoms with van der Waals surface area (Å²) in [4.78, 5) is 30.8. The van der Waals surface area contributed by atoms with Gasteiger partial charge in [0.15, 0.2) is 0 Å². The quantitative estimate of drug-likeness (QED) is 0.590. The Morgan fingerprint density at radius 3 is 2.41 bits per heavy atom. The highest BCUT2D eigenvalue weighted by molar-refractivity contribution is 6.00. The molecular formula is C24H43N3O2. The number of hydrogen-bond donors (Lipinski definition) is 1. The van der Waals surface area contributed by atoms with Gasteiger partial charge in [0.1, 0.15) is 11.6 Å². The highest BCUT2D eigenvalue weighted by atomic mass is 16.2. The molecule has 29 heavy (non-hydrogen) atoms. The van der Waals surface area contributed by atoms with Crippen molar-refractivity contribution in [1.29, 1.82) is 0 Å². The predicted octanol–water partition coefficient (Wildman–Crippen LogP) is 3.99. The van der Waals surface area contributed by atoms with Gasteiger partial charge in [0.2, 0.25) is 11.8 Å². The molecule has 0 aromatic carbocycles. The molecule has 2 unspecified atom stereocenters. The SMILES string of the molecule is CCCN1C(=O)C(CC(C)C)NC(=O)C12CCN(CC(C)CCC=C(C)C)CC2. The second-order valence-electron chi connectivity index (χ2n) is 9.94. The minimum atomic E-state index is -0.637. The highest BCUT2D eigenvalue weighted by Crippen LogP contribution is 2.34. The van der Waals surface area contributed by atoms with Gasteiger partial charge < -0.3 is 15.1 Å². The molecule has 2 rings (SSSR count). The smallest absolute Gasteiger partial charge is 0.246 e. The molecule has 0 bridgehead atoms. The van der Waals surface area contributed by atoms with Crippen LogP contribution in [0.15, 0.2) is 11.6 Å². The normalized spacial score (nSPS) is 23.4. The number of piperazine rings is 1. The van der Waals surface area contributed by atoms with Crippen LogP contribution in [-0.4, -0.2) is 59.4 Å². The molecule has 2 atom stereocenters. The minimum Gasteiger partial charge on any atom is -0.342 e. The van der Waals surface area contributed by atoms with E-state index in [0.717, 1.165) is 51.7 Å². The standard InChI is InChI=1S/C24H43N3O2/c1-7-13-27-22(28)21(16-19(4)5)25-23(29)24(27)11-14-26(15-12-24)17-20(6)10-8-9-18(2)3/h9,19-21H,7-8,10-17H2,1-6H3,(H,25,29). The summed E-state index contributed by atoms with van der Waals surface area (Å²) in [7, 11) is 0. The first kappa shape index (κ1) is 23.9. The van der Waals surface area contributed by atoms with E-state index in [9.17, 15) is 9.59 Å². The van der Waals surface area contributed by atoms with Crippen LogP contribution in [-0.2, 0) is 9.59 Å². The summed E-state index contributed by atoms with van der Waals surface area (Å²) in [5.41, 5.74) is 0.749. The number of rotatable bonds is 9. The first-order chi connectivity index (χ1) is 13.7. The van der Waals surface area contributed by atoms with E-state index in [-0.39, 0.29) is 17.9 Å². The largest absolute Gasteiger partial charge is 0.342 e. The number of hydrogen-bond acceptors (Lipinski definition) is 3. The van der Waals surface area contributed by atoms with Crippen LogP contribution in [0.4, 0.5) is 0 Å². The molecule has 1 N–H and O–H groups in total. The van der Waals surface area contributed by atoms with Crippen molar-refractivity contribution in [1.82, 2.24) is 15.1 Å². The first-order valence-electron chi connectivity index (χ1n) is 11.7. The summed E-state index contributed by atoms with van der Waals surface area (Å²) in [6.07, 6.45) is 7.76. The van der Waals surface area contributed by atoms with E-state index in [1.54, 1.807) is 0 Å². The van der Waals surface area contributed by atoms with Crippen molar-refractivity contribution < 1.29 is 9.59 Å². The molecule has 5 heteroatoms. The number of amides is 2. The van der Waals surface area contributed by atoms with Gasteiger partial charge in [-0.3, -0.25) is 9.59 Å². The maximum Gasteiger partial charge on any atom is 0.246 e. The third kappa shape index (κ3) is 6.07. The Kier molecular flexibility index (Phi) is 8.74. The Hall–Kier alpha value is -1.36. The van der Waals surface area contributed by atoms with Crippen molar-refractivity contribution in [3.8, 4) is 0 Å². The molecule has 2 aliphatic rings. The van der Waals surface area contributed by atoms with Crippen LogP contribution >= 0.6 is 0 Å². The molecule has 2 saturated heterocycles. The van der Waals surface area contributed by atoms with Crippen molar-refractivity contribution in [3.05, 3.63) is 11.6 Å². The Bertz CT molecular complexity index is 587. The van der Waals surface area contributed by atoms with E-state index in [1.807, 2.05) is 4.90 Å². The number of carbonyl (C=O) groups is 2. The summed E-state index contributed by atoms with van der Waals surface area (Å²) < 4.78 is 0. The number of nitrogens with zero attached hydrogens (tertiary/aromatic N) is 2. The average Bonchev–Trinajstić information content (AvgIpc) is 2.64. The average molecular weight is 406 g/mol. The van der Waals surface area contributed by atoms with Crippen LogP contribution in [0.1, 0.15) is 80.1 Å². The lowest BCUT2D eigenvalue weighted by atomic mass is 9.80. The fraction of sp³-hybridized carbons (Fsp3) is 0.833. The van der Waals surface area contributed by atoms with Gasteiger partial charge in [-0.1, -0.05) is 39.3 Å². The Morgan fingerprint density at radius 2 is 1.86 bits per heavy atom. The molecule has 2 amide bonds. The molecule has 2 aliphatic heterocycles. The molecular weight excluding hydrogens is 362 g/mol. The van der Waals surface area contributed by atoms with Crippen molar-refractivity contribution in [2.75, 3.05) is 26.2 Å². The van der Waals surface area contributed by atoms with E-state index in [1.165, 1.54) is 12.0 Å². The van der Waals surface area contributed by atoms with Crippen LogP contribution in [0.3, 0.4) is 0 Å². The van der Waals surface area contributed by atoms with E-state index < -0.39 is 5.54 Å². The van der Waals surface area contributed by atoms with Gasteiger partial charge in [-0.05, 0) is 64.2 Å². The van der Waals surface area contributed by atoms with Gasteiger partial charge in [0.05, 0.1) is 0 Å². The third-order valence-electron chi connectivity index (χ3n) is 6.43. The van der Waals surface area contributed by atoms with Crippen molar-refractivity contribution >= 4 is 11.8 Å². The summed E-state index contributed by atoms with van der Waals surface area (Å²) in [6, 6.07) is -0.354. The van der Waals surface area contributed by atoms with Crippen molar-refractivity contribution in [2.24, 2.45) is 11.8 Å². The number of carbonyl (C=O) groups excluding carboxylic acids is 2. The maximum atomic E-state index is 13.2. The Morgan fingerprint density at radius 1 is 1.21 bits per heavy atom. The van der Waals surface area contributed by atoms with Crippen molar-refractivity contribution in [2.45, 2.75) is 91.6 Å². The monoisotopic (exact) mass is 405 g/mol. The van der Waals surface area contributed by atoms with Crippen LogP contribution < -0.4 is 5.32 Å². The summed E-state index contributed by atoms with van der Waals surface area (Å²) in [5, 5.41) is 3.09. The lowest BCUT2D eigenvalue weighted by molar-refractivity contribution is -0.161. The van der Waals surface area contributed by atoms with Gasteiger partial charge in [-0.15, -0.1) is 0 Å². The third-order valence-corrected chi connectivity index (χ3v) is 6.43. The minimum absolute atomic E-state index is 0.0763. The molecule has 0 saturated carbocycles. The first-order valence-corrected chi connectivity index (χ1v) is 11.7. The lowest BCUT2D eigenvalue weighted by Crippen LogP contribution is -2.73. The molecule has 0 aromatic rings. The van der Waals surface area contributed by atoms with Gasteiger partial charge in [0.25, 0.3) is 0 Å². The van der Waals surface area contributed by atoms with Gasteiger partial charge in [-0.2, -0.15) is 0 Å². The summed E-state index contributed by atoms with van der Waals surface area (Å²) in [6.45, 7) is 16.5. The summed E-state index contributed by atoms with van der Waals surface area (Å²) in [5.74, 6) is 1.23. The molecule has 0 radical (unpaired) electrons. The number of nitrogens with one attached hydrogen (secondary N) is 1. The Labute approximate surface area is 178 Å². The van der Waals surface area contributed by atoms with Crippen LogP contribution in [0.25, 0.3) is 0 Å². The molecule has 0 aliphatic carbocycles.